The highest BCUT2D eigenvalue weighted by Crippen LogP contribution is 2.30. The van der Waals surface area contributed by atoms with E-state index in [0.29, 0.717) is 12.1 Å². The fourth-order valence-corrected chi connectivity index (χ4v) is 4.14. The van der Waals surface area contributed by atoms with Gasteiger partial charge in [0.15, 0.2) is 0 Å². The smallest absolute Gasteiger partial charge is 0.0543 e. The number of likely N-dealkylation sites (tertiary alicyclic amines) is 1. The van der Waals surface area contributed by atoms with Crippen molar-refractivity contribution in [3.63, 3.8) is 0 Å². The maximum Gasteiger partial charge on any atom is 0.0543 e. The maximum atomic E-state index is 4.46. The van der Waals surface area contributed by atoms with Crippen LogP contribution in [-0.4, -0.2) is 38.8 Å². The molecule has 0 spiro atoms. The lowest BCUT2D eigenvalue weighted by atomic mass is 9.91. The van der Waals surface area contributed by atoms with E-state index in [1.807, 2.05) is 12.3 Å². The molecule has 1 unspecified atom stereocenters. The van der Waals surface area contributed by atoms with E-state index in [4.69, 9.17) is 0 Å². The van der Waals surface area contributed by atoms with Gasteiger partial charge in [0.1, 0.15) is 0 Å². The van der Waals surface area contributed by atoms with Crippen LogP contribution in [0.2, 0.25) is 0 Å². The highest BCUT2D eigenvalue weighted by molar-refractivity contribution is 5.24. The van der Waals surface area contributed by atoms with E-state index in [1.54, 1.807) is 0 Å². The lowest BCUT2D eigenvalue weighted by molar-refractivity contribution is 0.180. The molecule has 1 fully saturated rings. The van der Waals surface area contributed by atoms with Crippen molar-refractivity contribution in [1.29, 1.82) is 0 Å². The number of hydrogen-bond acceptors (Lipinski definition) is 4. The number of pyridine rings is 1. The third-order valence-corrected chi connectivity index (χ3v) is 5.51. The first-order valence-corrected chi connectivity index (χ1v) is 9.18. The fraction of sp³-hybridized carbons (Fsp3) is 0.579. The van der Waals surface area contributed by atoms with Crippen molar-refractivity contribution < 1.29 is 0 Å². The van der Waals surface area contributed by atoms with E-state index in [-0.39, 0.29) is 0 Å². The zero-order valence-corrected chi connectivity index (χ0v) is 14.5. The van der Waals surface area contributed by atoms with Crippen LogP contribution in [0.1, 0.15) is 48.7 Å². The highest BCUT2D eigenvalue weighted by Gasteiger charge is 2.27. The van der Waals surface area contributed by atoms with Crippen molar-refractivity contribution in [3.8, 4) is 0 Å². The van der Waals surface area contributed by atoms with Gasteiger partial charge in [-0.05, 0) is 44.2 Å². The molecule has 0 bridgehead atoms. The third kappa shape index (κ3) is 3.37. The molecule has 5 nitrogen and oxygen atoms in total. The van der Waals surface area contributed by atoms with Crippen LogP contribution in [0.25, 0.3) is 0 Å². The second-order valence-electron chi connectivity index (χ2n) is 7.15. The zero-order chi connectivity index (χ0) is 16.4. The predicted octanol–water partition coefficient (Wildman–Crippen LogP) is 2.45. The molecule has 3 heterocycles. The number of nitrogens with zero attached hydrogens (tertiary/aromatic N) is 4. The number of rotatable bonds is 4. The Kier molecular flexibility index (Phi) is 4.63. The Bertz CT molecular complexity index is 658. The summed E-state index contributed by atoms with van der Waals surface area (Å²) in [6, 6.07) is 7.30. The lowest BCUT2D eigenvalue weighted by Gasteiger charge is -2.35. The molecular formula is C19H27N5. The summed E-state index contributed by atoms with van der Waals surface area (Å²) in [6.07, 6.45) is 10.1. The number of fused-ring (bicyclic) bond motifs is 1. The number of aromatic nitrogens is 3. The Morgan fingerprint density at radius 3 is 2.88 bits per heavy atom. The summed E-state index contributed by atoms with van der Waals surface area (Å²) >= 11 is 0. The van der Waals surface area contributed by atoms with Gasteiger partial charge in [0, 0.05) is 56.2 Å². The van der Waals surface area contributed by atoms with Crippen LogP contribution in [-0.2, 0) is 20.0 Å². The van der Waals surface area contributed by atoms with Crippen molar-refractivity contribution in [2.75, 3.05) is 13.1 Å². The van der Waals surface area contributed by atoms with E-state index in [1.165, 1.54) is 49.1 Å². The molecule has 5 heteroatoms. The molecule has 2 aromatic heterocycles. The van der Waals surface area contributed by atoms with Crippen LogP contribution in [0.15, 0.2) is 30.6 Å². The minimum atomic E-state index is 0.495. The number of nitrogens with one attached hydrogen (secondary N) is 1. The summed E-state index contributed by atoms with van der Waals surface area (Å²) in [4.78, 5) is 6.97. The first kappa shape index (κ1) is 15.8. The van der Waals surface area contributed by atoms with Crippen molar-refractivity contribution in [2.45, 2.75) is 50.7 Å². The Morgan fingerprint density at radius 2 is 2.08 bits per heavy atom. The molecule has 4 rings (SSSR count). The average Bonchev–Trinajstić information content (AvgIpc) is 3.00. The van der Waals surface area contributed by atoms with Crippen LogP contribution in [0.4, 0.5) is 0 Å². The number of aryl methyl sites for hydroxylation is 1. The second kappa shape index (κ2) is 7.03. The van der Waals surface area contributed by atoms with Crippen LogP contribution in [0.5, 0.6) is 0 Å². The summed E-state index contributed by atoms with van der Waals surface area (Å²) in [6.45, 7) is 3.28. The van der Waals surface area contributed by atoms with E-state index >= 15 is 0 Å². The van der Waals surface area contributed by atoms with Gasteiger partial charge in [-0.2, -0.15) is 5.10 Å². The molecule has 24 heavy (non-hydrogen) atoms. The molecule has 1 aliphatic carbocycles. The van der Waals surface area contributed by atoms with Gasteiger partial charge in [0.2, 0.25) is 0 Å². The van der Waals surface area contributed by atoms with Crippen molar-refractivity contribution >= 4 is 0 Å². The Balaban J connectivity index is 1.31. The van der Waals surface area contributed by atoms with Gasteiger partial charge in [-0.3, -0.25) is 14.6 Å². The predicted molar refractivity (Wildman–Crippen MR) is 94.6 cm³/mol. The van der Waals surface area contributed by atoms with E-state index < -0.39 is 0 Å². The summed E-state index contributed by atoms with van der Waals surface area (Å²) in [7, 11) is 2.07. The first-order valence-electron chi connectivity index (χ1n) is 9.18. The van der Waals surface area contributed by atoms with Gasteiger partial charge >= 0.3 is 0 Å². The molecule has 0 saturated carbocycles. The van der Waals surface area contributed by atoms with Gasteiger partial charge < -0.3 is 5.32 Å². The van der Waals surface area contributed by atoms with Crippen molar-refractivity contribution in [3.05, 3.63) is 47.5 Å². The fourth-order valence-electron chi connectivity index (χ4n) is 4.14. The normalized spacial score (nSPS) is 22.5. The first-order chi connectivity index (χ1) is 11.8. The van der Waals surface area contributed by atoms with Gasteiger partial charge in [-0.1, -0.05) is 6.07 Å². The quantitative estimate of drug-likeness (QED) is 0.938. The third-order valence-electron chi connectivity index (χ3n) is 5.51. The molecule has 2 aromatic rings. The molecule has 1 saturated heterocycles. The number of hydrogen-bond donors (Lipinski definition) is 1. The topological polar surface area (TPSA) is 46.0 Å². The molecule has 1 atom stereocenters. The van der Waals surface area contributed by atoms with Crippen LogP contribution < -0.4 is 5.32 Å². The van der Waals surface area contributed by atoms with Gasteiger partial charge in [-0.25, -0.2) is 0 Å². The summed E-state index contributed by atoms with van der Waals surface area (Å²) in [5.41, 5.74) is 4.03. The van der Waals surface area contributed by atoms with E-state index in [2.05, 4.69) is 50.4 Å². The second-order valence-corrected chi connectivity index (χ2v) is 7.15. The Hall–Kier alpha value is -1.72. The maximum absolute atomic E-state index is 4.46. The van der Waals surface area contributed by atoms with Crippen LogP contribution >= 0.6 is 0 Å². The van der Waals surface area contributed by atoms with Gasteiger partial charge in [-0.15, -0.1) is 0 Å². The monoisotopic (exact) mass is 325 g/mol. The Labute approximate surface area is 144 Å². The number of piperidine rings is 1. The minimum Gasteiger partial charge on any atom is -0.307 e. The van der Waals surface area contributed by atoms with E-state index in [9.17, 15) is 0 Å². The van der Waals surface area contributed by atoms with E-state index in [0.717, 1.165) is 19.6 Å². The molecule has 0 amide bonds. The SMILES string of the molecule is Cn1ncc2c1CCCC2NC1CCN(Cc2ccccn2)CC1. The van der Waals surface area contributed by atoms with Gasteiger partial charge in [0.05, 0.1) is 11.9 Å². The standard InChI is InChI=1S/C19H27N5/c1-23-19-7-4-6-18(17(19)13-21-23)22-15-8-11-24(12-9-15)14-16-5-2-3-10-20-16/h2-3,5,10,13,15,18,22H,4,6-9,11-12,14H2,1H3. The molecule has 1 aliphatic heterocycles. The minimum absolute atomic E-state index is 0.495. The summed E-state index contributed by atoms with van der Waals surface area (Å²) in [5, 5.41) is 8.38. The molecule has 0 aromatic carbocycles. The van der Waals surface area contributed by atoms with Crippen LogP contribution in [0, 0.1) is 0 Å². The molecule has 2 aliphatic rings. The van der Waals surface area contributed by atoms with Crippen molar-refractivity contribution in [1.82, 2.24) is 25.0 Å². The molecule has 128 valence electrons. The van der Waals surface area contributed by atoms with Gasteiger partial charge in [0.25, 0.3) is 0 Å². The summed E-state index contributed by atoms with van der Waals surface area (Å²) < 4.78 is 2.05. The summed E-state index contributed by atoms with van der Waals surface area (Å²) in [5.74, 6) is 0. The average molecular weight is 325 g/mol. The Morgan fingerprint density at radius 1 is 1.21 bits per heavy atom. The highest BCUT2D eigenvalue weighted by atomic mass is 15.3. The molecular weight excluding hydrogens is 298 g/mol. The molecule has 1 N–H and O–H groups in total. The zero-order valence-electron chi connectivity index (χ0n) is 14.5. The lowest BCUT2D eigenvalue weighted by Crippen LogP contribution is -2.44. The largest absolute Gasteiger partial charge is 0.307 e. The molecule has 0 radical (unpaired) electrons. The van der Waals surface area contributed by atoms with Crippen LogP contribution in [0.3, 0.4) is 0 Å². The van der Waals surface area contributed by atoms with Crippen molar-refractivity contribution in [2.24, 2.45) is 7.05 Å².